The lowest BCUT2D eigenvalue weighted by Gasteiger charge is -2.35. The molecule has 2 heterocycles. The Balaban J connectivity index is 2.11. The van der Waals surface area contributed by atoms with E-state index < -0.39 is 12.0 Å². The number of nitrogens with one attached hydrogen (secondary N) is 1. The summed E-state index contributed by atoms with van der Waals surface area (Å²) in [7, 11) is 0. The van der Waals surface area contributed by atoms with Crippen molar-refractivity contribution >= 4 is 17.7 Å². The van der Waals surface area contributed by atoms with Gasteiger partial charge < -0.3 is 15.3 Å². The molecule has 6 heteroatoms. The maximum absolute atomic E-state index is 12.3. The molecule has 1 aromatic heterocycles. The number of anilines is 1. The molecular weight excluding hydrogens is 258 g/mol. The number of urea groups is 1. The zero-order chi connectivity index (χ0) is 14.7. The van der Waals surface area contributed by atoms with E-state index in [0.29, 0.717) is 24.6 Å². The number of nitrogens with zero attached hydrogens (tertiary/aromatic N) is 2. The number of pyridine rings is 1. The smallest absolute Gasteiger partial charge is 0.326 e. The quantitative estimate of drug-likeness (QED) is 0.867. The van der Waals surface area contributed by atoms with Crippen LogP contribution in [0.5, 0.6) is 0 Å². The summed E-state index contributed by atoms with van der Waals surface area (Å²) in [6.45, 7) is 4.34. The van der Waals surface area contributed by atoms with Gasteiger partial charge in [0.25, 0.3) is 0 Å². The fourth-order valence-electron chi connectivity index (χ4n) is 2.40. The molecule has 1 saturated heterocycles. The number of likely N-dealkylation sites (tertiary alicyclic amines) is 1. The second-order valence-corrected chi connectivity index (χ2v) is 5.30. The van der Waals surface area contributed by atoms with E-state index in [1.807, 2.05) is 13.8 Å². The van der Waals surface area contributed by atoms with Gasteiger partial charge in [0.1, 0.15) is 6.04 Å². The molecule has 20 heavy (non-hydrogen) atoms. The minimum Gasteiger partial charge on any atom is -0.480 e. The minimum absolute atomic E-state index is 0.320. The number of aromatic nitrogens is 1. The van der Waals surface area contributed by atoms with E-state index in [1.165, 1.54) is 4.90 Å². The van der Waals surface area contributed by atoms with Crippen molar-refractivity contribution in [3.05, 3.63) is 24.0 Å². The van der Waals surface area contributed by atoms with Crippen molar-refractivity contribution in [3.63, 3.8) is 0 Å². The van der Waals surface area contributed by atoms with E-state index in [4.69, 9.17) is 0 Å². The van der Waals surface area contributed by atoms with Crippen molar-refractivity contribution < 1.29 is 14.7 Å². The highest BCUT2D eigenvalue weighted by Crippen LogP contribution is 2.24. The third-order valence-electron chi connectivity index (χ3n) is 3.69. The van der Waals surface area contributed by atoms with Gasteiger partial charge in [-0.1, -0.05) is 6.92 Å². The fourth-order valence-corrected chi connectivity index (χ4v) is 2.40. The first-order valence-corrected chi connectivity index (χ1v) is 6.70. The summed E-state index contributed by atoms with van der Waals surface area (Å²) in [5.74, 6) is -0.630. The Kier molecular flexibility index (Phi) is 4.22. The maximum Gasteiger partial charge on any atom is 0.326 e. The molecule has 2 atom stereocenters. The van der Waals surface area contributed by atoms with Gasteiger partial charge in [-0.2, -0.15) is 0 Å². The number of aliphatic carboxylic acids is 1. The number of carbonyl (C=O) groups excluding carboxylic acids is 1. The third kappa shape index (κ3) is 3.07. The molecule has 108 valence electrons. The van der Waals surface area contributed by atoms with Gasteiger partial charge in [0.05, 0.1) is 11.9 Å². The summed E-state index contributed by atoms with van der Waals surface area (Å²) >= 11 is 0. The van der Waals surface area contributed by atoms with Gasteiger partial charge in [0.15, 0.2) is 0 Å². The van der Waals surface area contributed by atoms with Gasteiger partial charge >= 0.3 is 12.0 Å². The molecule has 2 amide bonds. The Bertz CT molecular complexity index is 518. The molecule has 1 aromatic rings. The predicted octanol–water partition coefficient (Wildman–Crippen LogP) is 2.11. The molecule has 0 aromatic carbocycles. The van der Waals surface area contributed by atoms with Gasteiger partial charge in [0.2, 0.25) is 0 Å². The maximum atomic E-state index is 12.3. The molecule has 2 N–H and O–H groups in total. The Labute approximate surface area is 117 Å². The zero-order valence-electron chi connectivity index (χ0n) is 11.7. The molecule has 0 radical (unpaired) electrons. The van der Waals surface area contributed by atoms with Crippen LogP contribution in [0.2, 0.25) is 0 Å². The van der Waals surface area contributed by atoms with Crippen molar-refractivity contribution in [2.45, 2.75) is 32.7 Å². The Morgan fingerprint density at radius 3 is 2.90 bits per heavy atom. The lowest BCUT2D eigenvalue weighted by molar-refractivity contribution is -0.143. The van der Waals surface area contributed by atoms with Crippen LogP contribution in [0.25, 0.3) is 0 Å². The van der Waals surface area contributed by atoms with E-state index in [0.717, 1.165) is 12.0 Å². The second-order valence-electron chi connectivity index (χ2n) is 5.30. The summed E-state index contributed by atoms with van der Waals surface area (Å²) in [6, 6.07) is 0.666. The topological polar surface area (TPSA) is 82.5 Å². The second kappa shape index (κ2) is 5.90. The normalized spacial score (nSPS) is 22.4. The number of carboxylic acid groups (broad SMARTS) is 1. The minimum atomic E-state index is -0.949. The summed E-state index contributed by atoms with van der Waals surface area (Å²) < 4.78 is 0. The van der Waals surface area contributed by atoms with E-state index in [2.05, 4.69) is 10.3 Å². The zero-order valence-corrected chi connectivity index (χ0v) is 11.7. The van der Waals surface area contributed by atoms with Gasteiger partial charge in [-0.15, -0.1) is 0 Å². The Morgan fingerprint density at radius 1 is 1.50 bits per heavy atom. The van der Waals surface area contributed by atoms with Crippen LogP contribution >= 0.6 is 0 Å². The van der Waals surface area contributed by atoms with E-state index in [-0.39, 0.29) is 6.03 Å². The number of carbonyl (C=O) groups is 2. The lowest BCUT2D eigenvalue weighted by atomic mass is 9.93. The molecule has 0 spiro atoms. The molecule has 0 saturated carbocycles. The first kappa shape index (κ1) is 14.3. The largest absolute Gasteiger partial charge is 0.480 e. The number of rotatable bonds is 2. The number of aryl methyl sites for hydroxylation is 1. The average molecular weight is 277 g/mol. The molecular formula is C14H19N3O3. The van der Waals surface area contributed by atoms with Crippen LogP contribution in [0.1, 0.15) is 25.3 Å². The van der Waals surface area contributed by atoms with Crippen LogP contribution in [0.4, 0.5) is 10.5 Å². The summed E-state index contributed by atoms with van der Waals surface area (Å²) in [4.78, 5) is 28.9. The van der Waals surface area contributed by atoms with Crippen LogP contribution in [0, 0.1) is 12.8 Å². The highest BCUT2D eigenvalue weighted by atomic mass is 16.4. The van der Waals surface area contributed by atoms with Crippen molar-refractivity contribution in [2.75, 3.05) is 11.9 Å². The highest BCUT2D eigenvalue weighted by Gasteiger charge is 2.34. The first-order valence-electron chi connectivity index (χ1n) is 6.70. The number of amides is 2. The monoisotopic (exact) mass is 277 g/mol. The van der Waals surface area contributed by atoms with Crippen molar-refractivity contribution in [3.8, 4) is 0 Å². The molecule has 2 unspecified atom stereocenters. The SMILES string of the molecule is Cc1ccncc1NC(=O)N1CCC(C)CC1C(=O)O. The third-order valence-corrected chi connectivity index (χ3v) is 3.69. The van der Waals surface area contributed by atoms with Crippen LogP contribution in [-0.2, 0) is 4.79 Å². The first-order chi connectivity index (χ1) is 9.49. The van der Waals surface area contributed by atoms with Crippen LogP contribution in [-0.4, -0.2) is 39.6 Å². The van der Waals surface area contributed by atoms with Crippen LogP contribution in [0.15, 0.2) is 18.5 Å². The molecule has 1 fully saturated rings. The Morgan fingerprint density at radius 2 is 2.25 bits per heavy atom. The number of piperidine rings is 1. The van der Waals surface area contributed by atoms with E-state index >= 15 is 0 Å². The van der Waals surface area contributed by atoms with Crippen LogP contribution < -0.4 is 5.32 Å². The van der Waals surface area contributed by atoms with Crippen molar-refractivity contribution in [2.24, 2.45) is 5.92 Å². The predicted molar refractivity (Wildman–Crippen MR) is 74.5 cm³/mol. The highest BCUT2D eigenvalue weighted by molar-refractivity contribution is 5.92. The molecule has 0 bridgehead atoms. The number of hydrogen-bond donors (Lipinski definition) is 2. The summed E-state index contributed by atoms with van der Waals surface area (Å²) in [6.07, 6.45) is 4.53. The number of carboxylic acids is 1. The summed E-state index contributed by atoms with van der Waals surface area (Å²) in [5, 5.41) is 12.0. The van der Waals surface area contributed by atoms with Crippen LogP contribution in [0.3, 0.4) is 0 Å². The number of hydrogen-bond acceptors (Lipinski definition) is 3. The fraction of sp³-hybridized carbons (Fsp3) is 0.500. The van der Waals surface area contributed by atoms with Gasteiger partial charge in [-0.05, 0) is 37.3 Å². The molecule has 1 aliphatic rings. The molecule has 1 aliphatic heterocycles. The van der Waals surface area contributed by atoms with Gasteiger partial charge in [-0.3, -0.25) is 4.98 Å². The Hall–Kier alpha value is -2.11. The van der Waals surface area contributed by atoms with Gasteiger partial charge in [-0.25, -0.2) is 9.59 Å². The molecule has 6 nitrogen and oxygen atoms in total. The van der Waals surface area contributed by atoms with Gasteiger partial charge in [0, 0.05) is 12.7 Å². The van der Waals surface area contributed by atoms with Crippen molar-refractivity contribution in [1.82, 2.24) is 9.88 Å². The molecule has 2 rings (SSSR count). The molecule has 0 aliphatic carbocycles. The summed E-state index contributed by atoms with van der Waals surface area (Å²) in [5.41, 5.74) is 1.51. The van der Waals surface area contributed by atoms with Crippen molar-refractivity contribution in [1.29, 1.82) is 0 Å². The van der Waals surface area contributed by atoms with E-state index in [9.17, 15) is 14.7 Å². The average Bonchev–Trinajstić information content (AvgIpc) is 2.41. The standard InChI is InChI=1S/C14H19N3O3/c1-9-4-6-17(12(7-9)13(18)19)14(20)16-11-8-15-5-3-10(11)2/h3,5,8-9,12H,4,6-7H2,1-2H3,(H,16,20)(H,18,19). The van der Waals surface area contributed by atoms with E-state index in [1.54, 1.807) is 18.5 Å². The lowest BCUT2D eigenvalue weighted by Crippen LogP contribution is -2.51.